The molecule has 30 heavy (non-hydrogen) atoms. The Bertz CT molecular complexity index is 1200. The Morgan fingerprint density at radius 2 is 1.67 bits per heavy atom. The van der Waals surface area contributed by atoms with E-state index in [1.807, 2.05) is 30.3 Å². The molecule has 0 saturated heterocycles. The van der Waals surface area contributed by atoms with E-state index in [4.69, 9.17) is 4.52 Å². The fourth-order valence-electron chi connectivity index (χ4n) is 3.01. The van der Waals surface area contributed by atoms with E-state index in [1.165, 1.54) is 18.2 Å². The summed E-state index contributed by atoms with van der Waals surface area (Å²) in [5.74, 6) is 0.161. The lowest BCUT2D eigenvalue weighted by Crippen LogP contribution is -2.14. The van der Waals surface area contributed by atoms with Gasteiger partial charge in [0.15, 0.2) is 5.82 Å². The third-order valence-electron chi connectivity index (χ3n) is 4.42. The van der Waals surface area contributed by atoms with Crippen molar-refractivity contribution in [2.75, 3.05) is 5.32 Å². The predicted molar refractivity (Wildman–Crippen MR) is 110 cm³/mol. The molecular weight excluding hydrogens is 384 g/mol. The summed E-state index contributed by atoms with van der Waals surface area (Å²) in [7, 11) is 0. The quantitative estimate of drug-likeness (QED) is 0.377. The number of hydrogen-bond donors (Lipinski definition) is 1. The van der Waals surface area contributed by atoms with Crippen molar-refractivity contribution in [3.05, 3.63) is 106 Å². The first-order chi connectivity index (χ1) is 14.6. The highest BCUT2D eigenvalue weighted by molar-refractivity contribution is 6.08. The number of rotatable bonds is 6. The van der Waals surface area contributed by atoms with Crippen molar-refractivity contribution < 1.29 is 14.2 Å². The monoisotopic (exact) mass is 400 g/mol. The van der Waals surface area contributed by atoms with Crippen molar-refractivity contribution >= 4 is 17.3 Å². The minimum Gasteiger partial charge on any atom is -0.334 e. The zero-order valence-corrected chi connectivity index (χ0v) is 15.7. The number of amides is 1. The van der Waals surface area contributed by atoms with Gasteiger partial charge in [-0.25, -0.2) is 0 Å². The van der Waals surface area contributed by atoms with Gasteiger partial charge >= 0.3 is 0 Å². The van der Waals surface area contributed by atoms with Crippen LogP contribution in [0, 0.1) is 10.1 Å². The summed E-state index contributed by atoms with van der Waals surface area (Å²) in [4.78, 5) is 27.7. The van der Waals surface area contributed by atoms with Gasteiger partial charge in [-0.2, -0.15) is 4.98 Å². The number of hydrogen-bond acceptors (Lipinski definition) is 6. The molecule has 0 aliphatic carbocycles. The second-order valence-electron chi connectivity index (χ2n) is 6.45. The average Bonchev–Trinajstić information content (AvgIpc) is 3.23. The van der Waals surface area contributed by atoms with Gasteiger partial charge in [-0.15, -0.1) is 0 Å². The van der Waals surface area contributed by atoms with Crippen LogP contribution < -0.4 is 5.32 Å². The summed E-state index contributed by atoms with van der Waals surface area (Å²) in [6.45, 7) is 0. The third-order valence-corrected chi connectivity index (χ3v) is 4.42. The fourth-order valence-corrected chi connectivity index (χ4v) is 3.01. The molecule has 0 radical (unpaired) electrons. The van der Waals surface area contributed by atoms with E-state index in [9.17, 15) is 14.9 Å². The Morgan fingerprint density at radius 1 is 0.967 bits per heavy atom. The maximum absolute atomic E-state index is 12.7. The molecule has 0 aliphatic heterocycles. The van der Waals surface area contributed by atoms with Crippen molar-refractivity contribution in [2.45, 2.75) is 6.42 Å². The third kappa shape index (κ3) is 4.07. The number of nitro benzene ring substituents is 1. The zero-order valence-electron chi connectivity index (χ0n) is 15.7. The fraction of sp³-hybridized carbons (Fsp3) is 0.0455. The number of nitro groups is 1. The first-order valence-corrected chi connectivity index (χ1v) is 9.12. The minimum absolute atomic E-state index is 0.0346. The molecule has 0 fully saturated rings. The molecule has 148 valence electrons. The van der Waals surface area contributed by atoms with Crippen LogP contribution in [0.15, 0.2) is 83.4 Å². The lowest BCUT2D eigenvalue weighted by molar-refractivity contribution is -0.385. The molecule has 0 aliphatic rings. The van der Waals surface area contributed by atoms with E-state index in [0.29, 0.717) is 23.5 Å². The van der Waals surface area contributed by atoms with Gasteiger partial charge in [-0.3, -0.25) is 14.9 Å². The molecule has 8 nitrogen and oxygen atoms in total. The van der Waals surface area contributed by atoms with E-state index < -0.39 is 10.8 Å². The summed E-state index contributed by atoms with van der Waals surface area (Å²) in [6.07, 6.45) is 0.509. The summed E-state index contributed by atoms with van der Waals surface area (Å²) in [5.41, 5.74) is 1.68. The highest BCUT2D eigenvalue weighted by Gasteiger charge is 2.21. The first kappa shape index (κ1) is 19.0. The molecule has 1 amide bonds. The van der Waals surface area contributed by atoms with Crippen LogP contribution in [-0.4, -0.2) is 21.0 Å². The van der Waals surface area contributed by atoms with Crippen LogP contribution in [0.2, 0.25) is 0 Å². The molecule has 1 aromatic heterocycles. The molecular formula is C22H16N4O4. The Hall–Kier alpha value is -4.33. The number of nitrogens with one attached hydrogen (secondary N) is 1. The van der Waals surface area contributed by atoms with Gasteiger partial charge in [0.2, 0.25) is 0 Å². The van der Waals surface area contributed by atoms with E-state index >= 15 is 0 Å². The number of aromatic nitrogens is 2. The molecule has 4 rings (SSSR count). The number of nitrogens with zero attached hydrogens (tertiary/aromatic N) is 3. The summed E-state index contributed by atoms with van der Waals surface area (Å²) in [5, 5.41) is 17.9. The van der Waals surface area contributed by atoms with Crippen molar-refractivity contribution in [3.63, 3.8) is 0 Å². The van der Waals surface area contributed by atoms with E-state index in [0.717, 1.165) is 5.56 Å². The molecule has 1 N–H and O–H groups in total. The van der Waals surface area contributed by atoms with Crippen LogP contribution >= 0.6 is 0 Å². The number of benzene rings is 3. The molecule has 1 heterocycles. The summed E-state index contributed by atoms with van der Waals surface area (Å²) in [6, 6.07) is 22.4. The summed E-state index contributed by atoms with van der Waals surface area (Å²) < 4.78 is 5.39. The molecule has 0 spiro atoms. The zero-order chi connectivity index (χ0) is 20.9. The van der Waals surface area contributed by atoms with Gasteiger partial charge in [0.05, 0.1) is 16.2 Å². The molecule has 3 aromatic carbocycles. The SMILES string of the molecule is O=C(Nc1ccccc1-c1nc(Cc2ccccc2)no1)c1ccccc1[N+](=O)[O-]. The number of para-hydroxylation sites is 2. The lowest BCUT2D eigenvalue weighted by atomic mass is 10.1. The summed E-state index contributed by atoms with van der Waals surface area (Å²) >= 11 is 0. The Labute approximate surface area is 171 Å². The van der Waals surface area contributed by atoms with Gasteiger partial charge in [-0.05, 0) is 23.8 Å². The Kier molecular flexibility index (Phi) is 5.29. The van der Waals surface area contributed by atoms with E-state index in [1.54, 1.807) is 30.3 Å². The lowest BCUT2D eigenvalue weighted by Gasteiger charge is -2.08. The number of anilines is 1. The highest BCUT2D eigenvalue weighted by Crippen LogP contribution is 2.28. The van der Waals surface area contributed by atoms with Crippen LogP contribution in [0.3, 0.4) is 0 Å². The van der Waals surface area contributed by atoms with Gasteiger partial charge < -0.3 is 9.84 Å². The second-order valence-corrected chi connectivity index (χ2v) is 6.45. The van der Waals surface area contributed by atoms with Gasteiger partial charge in [0.1, 0.15) is 5.56 Å². The van der Waals surface area contributed by atoms with E-state index in [-0.39, 0.29) is 17.1 Å². The van der Waals surface area contributed by atoms with Gasteiger partial charge in [0.25, 0.3) is 17.5 Å². The topological polar surface area (TPSA) is 111 Å². The van der Waals surface area contributed by atoms with Crippen LogP contribution in [0.4, 0.5) is 11.4 Å². The minimum atomic E-state index is -0.598. The van der Waals surface area contributed by atoms with Gasteiger partial charge in [0, 0.05) is 12.5 Å². The molecule has 8 heteroatoms. The van der Waals surface area contributed by atoms with Crippen LogP contribution in [0.5, 0.6) is 0 Å². The average molecular weight is 400 g/mol. The smallest absolute Gasteiger partial charge is 0.282 e. The second kappa shape index (κ2) is 8.36. The van der Waals surface area contributed by atoms with Crippen molar-refractivity contribution in [1.29, 1.82) is 0 Å². The van der Waals surface area contributed by atoms with Crippen LogP contribution in [0.25, 0.3) is 11.5 Å². The highest BCUT2D eigenvalue weighted by atomic mass is 16.6. The molecule has 0 bridgehead atoms. The predicted octanol–water partition coefficient (Wildman–Crippen LogP) is 4.49. The molecule has 0 saturated carbocycles. The van der Waals surface area contributed by atoms with Crippen LogP contribution in [-0.2, 0) is 6.42 Å². The Morgan fingerprint density at radius 3 is 2.47 bits per heavy atom. The number of carbonyl (C=O) groups excluding carboxylic acids is 1. The van der Waals surface area contributed by atoms with Gasteiger partial charge in [-0.1, -0.05) is 59.8 Å². The van der Waals surface area contributed by atoms with Crippen molar-refractivity contribution in [2.24, 2.45) is 0 Å². The molecule has 4 aromatic rings. The molecule has 0 atom stereocenters. The largest absolute Gasteiger partial charge is 0.334 e. The van der Waals surface area contributed by atoms with E-state index in [2.05, 4.69) is 15.5 Å². The number of carbonyl (C=O) groups is 1. The Balaban J connectivity index is 1.60. The van der Waals surface area contributed by atoms with Crippen molar-refractivity contribution in [1.82, 2.24) is 10.1 Å². The first-order valence-electron chi connectivity index (χ1n) is 9.12. The maximum Gasteiger partial charge on any atom is 0.282 e. The normalized spacial score (nSPS) is 10.5. The maximum atomic E-state index is 12.7. The standard InChI is InChI=1S/C22H16N4O4/c27-21(17-11-5-7-13-19(17)26(28)29)23-18-12-6-4-10-16(18)22-24-20(25-30-22)14-15-8-2-1-3-9-15/h1-13H,14H2,(H,23,27). The van der Waals surface area contributed by atoms with Crippen LogP contribution in [0.1, 0.15) is 21.7 Å². The molecule has 0 unspecified atom stereocenters. The van der Waals surface area contributed by atoms with Crippen molar-refractivity contribution in [3.8, 4) is 11.5 Å².